The molecular formula is C27H23BrN4O5S. The number of nitrogens with zero attached hydrogens (tertiary/aromatic N) is 2. The van der Waals surface area contributed by atoms with Gasteiger partial charge in [0.1, 0.15) is 10.6 Å². The number of anilines is 2. The van der Waals surface area contributed by atoms with Crippen LogP contribution in [0.4, 0.5) is 17.1 Å². The number of hydrogen-bond donors (Lipinski definition) is 2. The number of nitro groups is 1. The summed E-state index contributed by atoms with van der Waals surface area (Å²) < 4.78 is 0.891. The summed E-state index contributed by atoms with van der Waals surface area (Å²) in [5, 5.41) is 16.7. The number of benzene rings is 3. The van der Waals surface area contributed by atoms with Gasteiger partial charge in [0.2, 0.25) is 0 Å². The molecule has 0 aromatic heterocycles. The molecule has 0 radical (unpaired) electrons. The van der Waals surface area contributed by atoms with Crippen molar-refractivity contribution < 1.29 is 19.3 Å². The van der Waals surface area contributed by atoms with E-state index in [9.17, 15) is 24.5 Å². The highest BCUT2D eigenvalue weighted by Gasteiger charge is 2.39. The first-order chi connectivity index (χ1) is 18.1. The topological polar surface area (TPSA) is 122 Å². The number of halogens is 1. The highest BCUT2D eigenvalue weighted by Crippen LogP contribution is 2.36. The SMILES string of the molecule is CC(C)CN1C(=O)C(Nc2ccc(Br)cc2)=C(Sc2ccc(NC(=O)c3ccc([N+](=O)[O-])cc3)cc2)C1=O. The van der Waals surface area contributed by atoms with E-state index in [1.807, 2.05) is 38.1 Å². The van der Waals surface area contributed by atoms with E-state index in [1.54, 1.807) is 24.3 Å². The first-order valence-electron chi connectivity index (χ1n) is 11.6. The summed E-state index contributed by atoms with van der Waals surface area (Å²) in [5.74, 6) is -1.03. The third kappa shape index (κ3) is 6.29. The Labute approximate surface area is 231 Å². The molecule has 1 heterocycles. The summed E-state index contributed by atoms with van der Waals surface area (Å²) >= 11 is 4.56. The number of hydrogen-bond acceptors (Lipinski definition) is 7. The van der Waals surface area contributed by atoms with Gasteiger partial charge in [-0.05, 0) is 66.6 Å². The predicted octanol–water partition coefficient (Wildman–Crippen LogP) is 6.05. The van der Waals surface area contributed by atoms with Crippen molar-refractivity contribution in [3.8, 4) is 0 Å². The second-order valence-electron chi connectivity index (χ2n) is 8.84. The number of nitro benzene ring substituents is 1. The van der Waals surface area contributed by atoms with Gasteiger partial charge in [0, 0.05) is 45.0 Å². The zero-order valence-electron chi connectivity index (χ0n) is 20.4. The highest BCUT2D eigenvalue weighted by molar-refractivity contribution is 9.10. The van der Waals surface area contributed by atoms with Gasteiger partial charge >= 0.3 is 0 Å². The molecule has 0 saturated heterocycles. The molecule has 4 rings (SSSR count). The minimum atomic E-state index is -0.530. The Morgan fingerprint density at radius 1 is 0.947 bits per heavy atom. The van der Waals surface area contributed by atoms with E-state index in [4.69, 9.17) is 0 Å². The van der Waals surface area contributed by atoms with Gasteiger partial charge in [-0.25, -0.2) is 0 Å². The zero-order chi connectivity index (χ0) is 27.4. The van der Waals surface area contributed by atoms with E-state index < -0.39 is 10.8 Å². The first kappa shape index (κ1) is 27.1. The lowest BCUT2D eigenvalue weighted by molar-refractivity contribution is -0.384. The van der Waals surface area contributed by atoms with Crippen LogP contribution >= 0.6 is 27.7 Å². The van der Waals surface area contributed by atoms with Gasteiger partial charge in [0.25, 0.3) is 23.4 Å². The van der Waals surface area contributed by atoms with Crippen LogP contribution in [0.5, 0.6) is 0 Å². The van der Waals surface area contributed by atoms with Crippen molar-refractivity contribution in [3.63, 3.8) is 0 Å². The van der Waals surface area contributed by atoms with E-state index in [1.165, 1.54) is 40.9 Å². The van der Waals surface area contributed by atoms with Crippen molar-refractivity contribution in [2.24, 2.45) is 5.92 Å². The molecule has 0 aliphatic carbocycles. The second-order valence-corrected chi connectivity index (χ2v) is 10.8. The highest BCUT2D eigenvalue weighted by atomic mass is 79.9. The molecule has 3 aromatic carbocycles. The van der Waals surface area contributed by atoms with Gasteiger partial charge in [-0.1, -0.05) is 41.5 Å². The largest absolute Gasteiger partial charge is 0.350 e. The predicted molar refractivity (Wildman–Crippen MR) is 150 cm³/mol. The summed E-state index contributed by atoms with van der Waals surface area (Å²) in [6, 6.07) is 19.4. The van der Waals surface area contributed by atoms with Crippen LogP contribution < -0.4 is 10.6 Å². The Bertz CT molecular complexity index is 1420. The molecule has 0 spiro atoms. The second kappa shape index (κ2) is 11.6. The maximum absolute atomic E-state index is 13.2. The molecular weight excluding hydrogens is 572 g/mol. The summed E-state index contributed by atoms with van der Waals surface area (Å²) in [5.41, 5.74) is 1.59. The van der Waals surface area contributed by atoms with Gasteiger partial charge in [0.15, 0.2) is 0 Å². The van der Waals surface area contributed by atoms with Crippen LogP contribution in [0.25, 0.3) is 0 Å². The van der Waals surface area contributed by atoms with E-state index in [2.05, 4.69) is 26.6 Å². The lowest BCUT2D eigenvalue weighted by atomic mass is 10.2. The van der Waals surface area contributed by atoms with E-state index in [0.29, 0.717) is 27.7 Å². The number of amides is 3. The molecule has 38 heavy (non-hydrogen) atoms. The van der Waals surface area contributed by atoms with E-state index in [0.717, 1.165) is 4.47 Å². The third-order valence-corrected chi connectivity index (χ3v) is 7.08. The van der Waals surface area contributed by atoms with Gasteiger partial charge in [0.05, 0.1) is 4.92 Å². The molecule has 1 aliphatic heterocycles. The van der Waals surface area contributed by atoms with E-state index >= 15 is 0 Å². The molecule has 0 bridgehead atoms. The fourth-order valence-electron chi connectivity index (χ4n) is 3.63. The number of non-ortho nitro benzene ring substituents is 1. The van der Waals surface area contributed by atoms with Gasteiger partial charge in [-0.2, -0.15) is 0 Å². The Morgan fingerprint density at radius 3 is 2.13 bits per heavy atom. The summed E-state index contributed by atoms with van der Waals surface area (Å²) in [7, 11) is 0. The number of carbonyl (C=O) groups is 3. The molecule has 0 unspecified atom stereocenters. The van der Waals surface area contributed by atoms with Crippen LogP contribution in [0.1, 0.15) is 24.2 Å². The molecule has 11 heteroatoms. The maximum Gasteiger partial charge on any atom is 0.278 e. The van der Waals surface area contributed by atoms with Crippen molar-refractivity contribution >= 4 is 62.5 Å². The van der Waals surface area contributed by atoms with Crippen LogP contribution in [0.2, 0.25) is 0 Å². The molecule has 0 fully saturated rings. The summed E-state index contributed by atoms with van der Waals surface area (Å²) in [4.78, 5) is 51.4. The van der Waals surface area contributed by atoms with Crippen LogP contribution in [0.3, 0.4) is 0 Å². The minimum Gasteiger partial charge on any atom is -0.350 e. The molecule has 194 valence electrons. The Morgan fingerprint density at radius 2 is 1.55 bits per heavy atom. The van der Waals surface area contributed by atoms with E-state index in [-0.39, 0.29) is 34.7 Å². The van der Waals surface area contributed by atoms with Crippen LogP contribution in [-0.4, -0.2) is 34.1 Å². The average molecular weight is 595 g/mol. The summed E-state index contributed by atoms with van der Waals surface area (Å²) in [6.07, 6.45) is 0. The van der Waals surface area contributed by atoms with Crippen molar-refractivity contribution in [3.05, 3.63) is 104 Å². The van der Waals surface area contributed by atoms with Crippen molar-refractivity contribution in [2.45, 2.75) is 18.7 Å². The molecule has 3 aromatic rings. The number of thioether (sulfide) groups is 1. The number of imide groups is 1. The lowest BCUT2D eigenvalue weighted by Crippen LogP contribution is -2.35. The number of nitrogens with one attached hydrogen (secondary N) is 2. The Balaban J connectivity index is 1.52. The minimum absolute atomic E-state index is 0.0990. The first-order valence-corrected chi connectivity index (χ1v) is 13.2. The molecule has 3 amide bonds. The quantitative estimate of drug-likeness (QED) is 0.176. The lowest BCUT2D eigenvalue weighted by Gasteiger charge is -2.17. The van der Waals surface area contributed by atoms with Crippen molar-refractivity contribution in [2.75, 3.05) is 17.2 Å². The Kier molecular flexibility index (Phi) is 8.28. The fraction of sp³-hybridized carbons (Fsp3) is 0.148. The van der Waals surface area contributed by atoms with Gasteiger partial charge in [-0.3, -0.25) is 29.4 Å². The molecule has 9 nitrogen and oxygen atoms in total. The van der Waals surface area contributed by atoms with Crippen molar-refractivity contribution in [1.82, 2.24) is 4.90 Å². The summed E-state index contributed by atoms with van der Waals surface area (Å²) in [6.45, 7) is 4.19. The third-order valence-electron chi connectivity index (χ3n) is 5.46. The molecule has 1 aliphatic rings. The van der Waals surface area contributed by atoms with Crippen LogP contribution in [-0.2, 0) is 9.59 Å². The zero-order valence-corrected chi connectivity index (χ0v) is 22.8. The molecule has 0 saturated carbocycles. The maximum atomic E-state index is 13.2. The Hall–Kier alpha value is -3.96. The fourth-order valence-corrected chi connectivity index (χ4v) is 4.84. The molecule has 2 N–H and O–H groups in total. The smallest absolute Gasteiger partial charge is 0.278 e. The van der Waals surface area contributed by atoms with Crippen molar-refractivity contribution in [1.29, 1.82) is 0 Å². The average Bonchev–Trinajstić information content (AvgIpc) is 3.10. The molecule has 0 atom stereocenters. The van der Waals surface area contributed by atoms with Gasteiger partial charge in [-0.15, -0.1) is 0 Å². The van der Waals surface area contributed by atoms with Gasteiger partial charge < -0.3 is 10.6 Å². The monoisotopic (exact) mass is 594 g/mol. The number of rotatable bonds is 9. The van der Waals surface area contributed by atoms with Crippen LogP contribution in [0, 0.1) is 16.0 Å². The normalized spacial score (nSPS) is 13.3. The van der Waals surface area contributed by atoms with Crippen LogP contribution in [0.15, 0.2) is 92.8 Å². The standard InChI is InChI=1S/C27H23BrN4O5S/c1-16(2)15-31-26(34)23(29-19-7-5-18(28)6-8-19)24(27(31)35)38-22-13-9-20(10-14-22)30-25(33)17-3-11-21(12-4-17)32(36)37/h3-14,16,29H,15H2,1-2H3,(H,30,33). The number of carbonyl (C=O) groups excluding carboxylic acids is 3.